The van der Waals surface area contributed by atoms with Gasteiger partial charge in [-0.05, 0) is 104 Å². The zero-order chi connectivity index (χ0) is 35.8. The Morgan fingerprint density at radius 3 is 1.26 bits per heavy atom. The second-order valence-electron chi connectivity index (χ2n) is 14.0. The molecule has 0 bridgehead atoms. The number of para-hydroxylation sites is 3. The monoisotopic (exact) mass is 688 g/mol. The Morgan fingerprint density at radius 1 is 0.278 bits per heavy atom. The highest BCUT2D eigenvalue weighted by Gasteiger charge is 2.19. The molecule has 11 aromatic rings. The molecule has 0 fully saturated rings. The Labute approximate surface area is 311 Å². The molecule has 54 heavy (non-hydrogen) atoms. The van der Waals surface area contributed by atoms with Gasteiger partial charge in [0, 0.05) is 32.9 Å². The quantitative estimate of drug-likeness (QED) is 0.134. The van der Waals surface area contributed by atoms with Crippen molar-refractivity contribution in [2.45, 2.75) is 0 Å². The van der Waals surface area contributed by atoms with Gasteiger partial charge in [-0.3, -0.25) is 9.36 Å². The van der Waals surface area contributed by atoms with Gasteiger partial charge < -0.3 is 4.57 Å². The van der Waals surface area contributed by atoms with Gasteiger partial charge in [-0.25, -0.2) is 0 Å². The van der Waals surface area contributed by atoms with Crippen LogP contribution in [0.3, 0.4) is 0 Å². The SMILES string of the molecule is O=c1c2ccccc2c2cc(-c3c4ccccc4c(-c4ccc(-n5c6ccccc6c6ccccc65)cc4)c4ccccc34)ccc2n1-c1ccccc1. The lowest BCUT2D eigenvalue weighted by Gasteiger charge is -2.19. The van der Waals surface area contributed by atoms with Crippen molar-refractivity contribution >= 4 is 65.0 Å². The van der Waals surface area contributed by atoms with Gasteiger partial charge in [0.2, 0.25) is 0 Å². The maximum absolute atomic E-state index is 14.0. The molecule has 0 saturated heterocycles. The summed E-state index contributed by atoms with van der Waals surface area (Å²) in [4.78, 5) is 14.0. The van der Waals surface area contributed by atoms with E-state index in [9.17, 15) is 4.79 Å². The predicted octanol–water partition coefficient (Wildman–Crippen LogP) is 12.9. The van der Waals surface area contributed by atoms with Crippen molar-refractivity contribution in [3.8, 4) is 33.6 Å². The van der Waals surface area contributed by atoms with E-state index in [4.69, 9.17) is 0 Å². The van der Waals surface area contributed by atoms with Gasteiger partial charge in [0.15, 0.2) is 0 Å². The number of pyridine rings is 1. The summed E-state index contributed by atoms with van der Waals surface area (Å²) >= 11 is 0. The van der Waals surface area contributed by atoms with E-state index in [0.29, 0.717) is 5.39 Å². The van der Waals surface area contributed by atoms with Crippen LogP contribution in [0.5, 0.6) is 0 Å². The van der Waals surface area contributed by atoms with Crippen LogP contribution in [-0.4, -0.2) is 9.13 Å². The van der Waals surface area contributed by atoms with Crippen molar-refractivity contribution in [2.75, 3.05) is 0 Å². The molecule has 3 nitrogen and oxygen atoms in total. The first-order valence-corrected chi connectivity index (χ1v) is 18.4. The van der Waals surface area contributed by atoms with Gasteiger partial charge in [-0.15, -0.1) is 0 Å². The molecule has 0 unspecified atom stereocenters. The molecule has 2 heterocycles. The van der Waals surface area contributed by atoms with Crippen molar-refractivity contribution < 1.29 is 0 Å². The Bertz CT molecular complexity index is 3220. The van der Waals surface area contributed by atoms with Gasteiger partial charge >= 0.3 is 0 Å². The fourth-order valence-corrected chi connectivity index (χ4v) is 8.80. The minimum atomic E-state index is -0.0125. The van der Waals surface area contributed by atoms with Gasteiger partial charge in [0.1, 0.15) is 0 Å². The maximum Gasteiger partial charge on any atom is 0.263 e. The van der Waals surface area contributed by atoms with E-state index in [1.165, 1.54) is 60.0 Å². The van der Waals surface area contributed by atoms with Crippen LogP contribution >= 0.6 is 0 Å². The van der Waals surface area contributed by atoms with Crippen LogP contribution in [0.15, 0.2) is 199 Å². The van der Waals surface area contributed by atoms with Crippen LogP contribution in [0.2, 0.25) is 0 Å². The molecule has 0 aliphatic rings. The van der Waals surface area contributed by atoms with Crippen LogP contribution in [0.4, 0.5) is 0 Å². The number of hydrogen-bond acceptors (Lipinski definition) is 1. The molecule has 0 N–H and O–H groups in total. The van der Waals surface area contributed by atoms with Crippen molar-refractivity contribution in [3.05, 3.63) is 204 Å². The maximum atomic E-state index is 14.0. The highest BCUT2D eigenvalue weighted by atomic mass is 16.1. The number of aromatic nitrogens is 2. The van der Waals surface area contributed by atoms with Crippen LogP contribution in [0.1, 0.15) is 0 Å². The average molecular weight is 689 g/mol. The molecule has 0 atom stereocenters. The molecule has 0 saturated carbocycles. The molecule has 0 amide bonds. The number of fused-ring (bicyclic) bond motifs is 8. The van der Waals surface area contributed by atoms with E-state index >= 15 is 0 Å². The molecular weight excluding hydrogens is 657 g/mol. The lowest BCUT2D eigenvalue weighted by Crippen LogP contribution is -2.19. The minimum absolute atomic E-state index is 0.0125. The topological polar surface area (TPSA) is 26.9 Å². The molecule has 0 spiro atoms. The minimum Gasteiger partial charge on any atom is -0.309 e. The molecule has 0 aliphatic carbocycles. The van der Waals surface area contributed by atoms with Gasteiger partial charge in [0.05, 0.1) is 16.6 Å². The Morgan fingerprint density at radius 2 is 0.685 bits per heavy atom. The van der Waals surface area contributed by atoms with E-state index < -0.39 is 0 Å². The van der Waals surface area contributed by atoms with Crippen LogP contribution < -0.4 is 5.56 Å². The smallest absolute Gasteiger partial charge is 0.263 e. The number of nitrogens with zero attached hydrogens (tertiary/aromatic N) is 2. The first-order chi connectivity index (χ1) is 26.7. The Hall–Kier alpha value is -7.23. The fraction of sp³-hybridized carbons (Fsp3) is 0. The van der Waals surface area contributed by atoms with E-state index in [1.54, 1.807) is 0 Å². The zero-order valence-corrected chi connectivity index (χ0v) is 29.3. The third-order valence-corrected chi connectivity index (χ3v) is 11.1. The van der Waals surface area contributed by atoms with Gasteiger partial charge in [-0.1, -0.05) is 140 Å². The normalized spacial score (nSPS) is 11.8. The number of rotatable bonds is 4. The summed E-state index contributed by atoms with van der Waals surface area (Å²) in [5.41, 5.74) is 9.99. The second-order valence-corrected chi connectivity index (χ2v) is 14.0. The molecule has 252 valence electrons. The van der Waals surface area contributed by atoms with Gasteiger partial charge in [-0.2, -0.15) is 0 Å². The van der Waals surface area contributed by atoms with Crippen molar-refractivity contribution in [1.82, 2.24) is 9.13 Å². The fourth-order valence-electron chi connectivity index (χ4n) is 8.80. The molecular formula is C51H32N2O. The molecule has 0 radical (unpaired) electrons. The summed E-state index contributed by atoms with van der Waals surface area (Å²) in [5.74, 6) is 0. The molecule has 2 aromatic heterocycles. The van der Waals surface area contributed by atoms with Gasteiger partial charge in [0.25, 0.3) is 5.56 Å². The second kappa shape index (κ2) is 11.9. The van der Waals surface area contributed by atoms with Crippen LogP contribution in [0.25, 0.3) is 98.7 Å². The summed E-state index contributed by atoms with van der Waals surface area (Å²) < 4.78 is 4.22. The Kier molecular flexibility index (Phi) is 6.70. The predicted molar refractivity (Wildman–Crippen MR) is 227 cm³/mol. The summed E-state index contributed by atoms with van der Waals surface area (Å²) in [6.45, 7) is 0. The zero-order valence-electron chi connectivity index (χ0n) is 29.3. The molecule has 9 aromatic carbocycles. The largest absolute Gasteiger partial charge is 0.309 e. The third kappa shape index (κ3) is 4.45. The standard InChI is InChI=1S/C51H32N2O/c54-51-44-23-9-4-16-37(44)45-32-34(28-31-48(45)53(51)35-14-2-1-3-15-35)50-42-21-7-5-19-40(42)49(41-20-6-8-22-43(41)50)33-26-29-36(30-27-33)52-46-24-12-10-17-38(46)39-18-11-13-25-47(39)52/h1-32H. The van der Waals surface area contributed by atoms with E-state index in [0.717, 1.165) is 33.2 Å². The van der Waals surface area contributed by atoms with Crippen LogP contribution in [-0.2, 0) is 0 Å². The van der Waals surface area contributed by atoms with Crippen LogP contribution in [0, 0.1) is 0 Å². The third-order valence-electron chi connectivity index (χ3n) is 11.1. The van der Waals surface area contributed by atoms with Crippen molar-refractivity contribution in [2.24, 2.45) is 0 Å². The first-order valence-electron chi connectivity index (χ1n) is 18.4. The molecule has 0 aliphatic heterocycles. The summed E-state index contributed by atoms with van der Waals surface area (Å²) in [5, 5.41) is 10.0. The highest BCUT2D eigenvalue weighted by molar-refractivity contribution is 6.22. The van der Waals surface area contributed by atoms with E-state index in [1.807, 2.05) is 53.1 Å². The summed E-state index contributed by atoms with van der Waals surface area (Å²) in [6, 6.07) is 68.4. The highest BCUT2D eigenvalue weighted by Crippen LogP contribution is 2.45. The van der Waals surface area contributed by atoms with Crippen molar-refractivity contribution in [1.29, 1.82) is 0 Å². The number of hydrogen-bond donors (Lipinski definition) is 0. The number of benzene rings is 9. The Balaban J connectivity index is 1.14. The molecule has 11 rings (SSSR count). The van der Waals surface area contributed by atoms with E-state index in [-0.39, 0.29) is 5.56 Å². The first kappa shape index (κ1) is 30.4. The lowest BCUT2D eigenvalue weighted by molar-refractivity contribution is 1.06. The average Bonchev–Trinajstić information content (AvgIpc) is 3.58. The van der Waals surface area contributed by atoms with E-state index in [2.05, 4.69) is 150 Å². The summed E-state index contributed by atoms with van der Waals surface area (Å²) in [7, 11) is 0. The molecule has 3 heteroatoms. The lowest BCUT2D eigenvalue weighted by atomic mass is 9.85. The summed E-state index contributed by atoms with van der Waals surface area (Å²) in [6.07, 6.45) is 0. The van der Waals surface area contributed by atoms with Crippen molar-refractivity contribution in [3.63, 3.8) is 0 Å².